The summed E-state index contributed by atoms with van der Waals surface area (Å²) in [5.74, 6) is 0.667. The average molecular weight is 519 g/mol. The second-order valence-electron chi connectivity index (χ2n) is 8.50. The van der Waals surface area contributed by atoms with Crippen molar-refractivity contribution in [3.63, 3.8) is 0 Å². The fourth-order valence-electron chi connectivity index (χ4n) is 3.99. The van der Waals surface area contributed by atoms with Gasteiger partial charge in [-0.1, -0.05) is 61.9 Å². The van der Waals surface area contributed by atoms with Crippen LogP contribution in [-0.4, -0.2) is 55.2 Å². The van der Waals surface area contributed by atoms with Crippen LogP contribution in [0.25, 0.3) is 22.5 Å². The minimum atomic E-state index is -1.11. The van der Waals surface area contributed by atoms with Gasteiger partial charge in [0.1, 0.15) is 11.5 Å². The fourth-order valence-corrected chi connectivity index (χ4v) is 3.99. The second-order valence-corrected chi connectivity index (χ2v) is 8.50. The molecular formula is C27H30N6O5. The van der Waals surface area contributed by atoms with E-state index in [9.17, 15) is 9.59 Å². The number of aromatic amines is 1. The topological polar surface area (TPSA) is 134 Å². The lowest BCUT2D eigenvalue weighted by Gasteiger charge is -2.16. The molecule has 1 unspecified atom stereocenters. The van der Waals surface area contributed by atoms with E-state index in [1.807, 2.05) is 53.1 Å². The van der Waals surface area contributed by atoms with Gasteiger partial charge in [0.25, 0.3) is 0 Å². The Morgan fingerprint density at radius 2 is 1.79 bits per heavy atom. The van der Waals surface area contributed by atoms with E-state index in [1.165, 1.54) is 13.1 Å². The molecule has 0 aliphatic carbocycles. The van der Waals surface area contributed by atoms with Crippen LogP contribution in [0, 0.1) is 0 Å². The maximum absolute atomic E-state index is 12.9. The molecule has 0 fully saturated rings. The molecular weight excluding hydrogens is 488 g/mol. The average Bonchev–Trinajstić information content (AvgIpc) is 3.58. The Bertz CT molecular complexity index is 1350. The maximum Gasteiger partial charge on any atom is 0.511 e. The third kappa shape index (κ3) is 6.41. The summed E-state index contributed by atoms with van der Waals surface area (Å²) >= 11 is 0. The van der Waals surface area contributed by atoms with Crippen LogP contribution in [0.3, 0.4) is 0 Å². The van der Waals surface area contributed by atoms with E-state index in [0.717, 1.165) is 47.3 Å². The first-order valence-corrected chi connectivity index (χ1v) is 12.5. The maximum atomic E-state index is 12.9. The number of unbranched alkanes of at least 4 members (excludes halogenated alkanes) is 1. The van der Waals surface area contributed by atoms with E-state index >= 15 is 0 Å². The molecule has 11 heteroatoms. The minimum absolute atomic E-state index is 0.161. The molecule has 0 aliphatic rings. The van der Waals surface area contributed by atoms with Crippen molar-refractivity contribution in [2.45, 2.75) is 52.9 Å². The van der Waals surface area contributed by atoms with Gasteiger partial charge < -0.3 is 18.8 Å². The zero-order valence-electron chi connectivity index (χ0n) is 21.6. The zero-order valence-corrected chi connectivity index (χ0v) is 21.6. The van der Waals surface area contributed by atoms with Crippen LogP contribution in [0.15, 0.2) is 54.7 Å². The predicted octanol–water partition coefficient (Wildman–Crippen LogP) is 4.80. The number of benzene rings is 2. The van der Waals surface area contributed by atoms with Crippen LogP contribution in [0.4, 0.5) is 4.79 Å². The van der Waals surface area contributed by atoms with Gasteiger partial charge in [-0.15, -0.1) is 10.2 Å². The fraction of sp³-hybridized carbons (Fsp3) is 0.333. The minimum Gasteiger partial charge on any atom is -0.435 e. The summed E-state index contributed by atoms with van der Waals surface area (Å²) in [6, 6.07) is 15.9. The molecule has 0 spiro atoms. The van der Waals surface area contributed by atoms with Crippen LogP contribution < -0.4 is 0 Å². The molecule has 2 aromatic heterocycles. The van der Waals surface area contributed by atoms with Gasteiger partial charge in [-0.25, -0.2) is 14.6 Å². The summed E-state index contributed by atoms with van der Waals surface area (Å²) in [4.78, 5) is 29.0. The Hall–Kier alpha value is -4.54. The van der Waals surface area contributed by atoms with E-state index in [0.29, 0.717) is 12.4 Å². The van der Waals surface area contributed by atoms with Gasteiger partial charge in [0.2, 0.25) is 12.1 Å². The van der Waals surface area contributed by atoms with Crippen molar-refractivity contribution < 1.29 is 23.8 Å². The van der Waals surface area contributed by atoms with E-state index < -0.39 is 18.4 Å². The Morgan fingerprint density at radius 3 is 2.47 bits per heavy atom. The lowest BCUT2D eigenvalue weighted by molar-refractivity contribution is -0.0816. The highest BCUT2D eigenvalue weighted by molar-refractivity contribution is 5.87. The Kier molecular flexibility index (Phi) is 8.81. The Balaban J connectivity index is 1.55. The summed E-state index contributed by atoms with van der Waals surface area (Å²) in [5.41, 5.74) is 4.10. The summed E-state index contributed by atoms with van der Waals surface area (Å²) in [6.07, 6.45) is 2.13. The van der Waals surface area contributed by atoms with Crippen molar-refractivity contribution in [1.82, 2.24) is 30.2 Å². The van der Waals surface area contributed by atoms with Crippen LogP contribution in [-0.2, 0) is 27.2 Å². The largest absolute Gasteiger partial charge is 0.511 e. The Labute approximate surface area is 220 Å². The molecule has 0 bridgehead atoms. The van der Waals surface area contributed by atoms with Gasteiger partial charge in [0.15, 0.2) is 0 Å². The number of imidazole rings is 1. The number of nitrogens with zero attached hydrogens (tertiary/aromatic N) is 5. The van der Waals surface area contributed by atoms with Gasteiger partial charge in [-0.2, -0.15) is 5.21 Å². The summed E-state index contributed by atoms with van der Waals surface area (Å²) in [6.45, 7) is 5.80. The number of tetrazole rings is 1. The predicted molar refractivity (Wildman–Crippen MR) is 138 cm³/mol. The van der Waals surface area contributed by atoms with Crippen LogP contribution >= 0.6 is 0 Å². The molecule has 1 N–H and O–H groups in total. The van der Waals surface area contributed by atoms with Crippen molar-refractivity contribution in [2.75, 3.05) is 6.61 Å². The molecule has 2 aromatic carbocycles. The number of rotatable bonds is 11. The number of H-pyrrole nitrogens is 1. The van der Waals surface area contributed by atoms with Gasteiger partial charge in [0, 0.05) is 25.5 Å². The third-order valence-electron chi connectivity index (χ3n) is 5.82. The molecule has 11 nitrogen and oxygen atoms in total. The smallest absolute Gasteiger partial charge is 0.435 e. The normalized spacial score (nSPS) is 11.7. The van der Waals surface area contributed by atoms with E-state index in [-0.39, 0.29) is 12.3 Å². The zero-order chi connectivity index (χ0) is 26.9. The monoisotopic (exact) mass is 518 g/mol. The van der Waals surface area contributed by atoms with Crippen molar-refractivity contribution in [3.8, 4) is 22.5 Å². The van der Waals surface area contributed by atoms with Crippen molar-refractivity contribution in [2.24, 2.45) is 0 Å². The van der Waals surface area contributed by atoms with Crippen LogP contribution in [0.2, 0.25) is 0 Å². The molecule has 198 valence electrons. The SMILES string of the molecule is CCCCc1ncc(C(=O)OC(C)OC(=O)OCC)n1Cc1ccc(-c2ccccc2-c2nn[nH]n2)cc1. The molecule has 0 saturated heterocycles. The van der Waals surface area contributed by atoms with E-state index in [2.05, 4.69) is 32.5 Å². The van der Waals surface area contributed by atoms with Gasteiger partial charge in [-0.3, -0.25) is 0 Å². The van der Waals surface area contributed by atoms with Gasteiger partial charge in [0.05, 0.1) is 12.8 Å². The number of esters is 1. The standard InChI is InChI=1S/C27H30N6O5/c1-4-6-11-24-28-16-23(26(34)37-18(3)38-27(35)36-5-2)33(24)17-19-12-14-20(15-13-19)21-9-7-8-10-22(21)25-29-31-32-30-25/h7-10,12-16,18H,4-6,11,17H2,1-3H3,(H,29,30,31,32). The number of nitrogens with one attached hydrogen (secondary N) is 1. The number of carbonyl (C=O) groups excluding carboxylic acids is 2. The molecule has 0 saturated carbocycles. The van der Waals surface area contributed by atoms with E-state index in [4.69, 9.17) is 14.2 Å². The molecule has 4 aromatic rings. The quantitative estimate of drug-likeness (QED) is 0.219. The lowest BCUT2D eigenvalue weighted by Crippen LogP contribution is -2.24. The first-order chi connectivity index (χ1) is 18.5. The highest BCUT2D eigenvalue weighted by Crippen LogP contribution is 2.30. The van der Waals surface area contributed by atoms with Crippen LogP contribution in [0.1, 0.15) is 55.5 Å². The molecule has 0 radical (unpaired) electrons. The number of carbonyl (C=O) groups is 2. The number of ether oxygens (including phenoxy) is 3. The first kappa shape index (κ1) is 26.5. The highest BCUT2D eigenvalue weighted by Gasteiger charge is 2.22. The number of aromatic nitrogens is 6. The first-order valence-electron chi connectivity index (χ1n) is 12.5. The number of hydrogen-bond acceptors (Lipinski definition) is 9. The number of hydrogen-bond donors (Lipinski definition) is 1. The molecule has 1 atom stereocenters. The molecule has 38 heavy (non-hydrogen) atoms. The molecule has 4 rings (SSSR count). The number of aryl methyl sites for hydroxylation is 1. The van der Waals surface area contributed by atoms with E-state index in [1.54, 1.807) is 6.92 Å². The molecule has 2 heterocycles. The lowest BCUT2D eigenvalue weighted by atomic mass is 9.98. The molecule has 0 amide bonds. The van der Waals surface area contributed by atoms with Crippen LogP contribution in [0.5, 0.6) is 0 Å². The third-order valence-corrected chi connectivity index (χ3v) is 5.82. The highest BCUT2D eigenvalue weighted by atomic mass is 16.8. The summed E-state index contributed by atoms with van der Waals surface area (Å²) < 4.78 is 16.9. The Morgan fingerprint density at radius 1 is 1.03 bits per heavy atom. The van der Waals surface area contributed by atoms with Gasteiger partial charge in [-0.05, 0) is 35.2 Å². The van der Waals surface area contributed by atoms with Crippen molar-refractivity contribution >= 4 is 12.1 Å². The van der Waals surface area contributed by atoms with Crippen molar-refractivity contribution in [1.29, 1.82) is 0 Å². The van der Waals surface area contributed by atoms with Crippen molar-refractivity contribution in [3.05, 3.63) is 71.8 Å². The van der Waals surface area contributed by atoms with Gasteiger partial charge >= 0.3 is 12.1 Å². The second kappa shape index (κ2) is 12.6. The summed E-state index contributed by atoms with van der Waals surface area (Å²) in [5, 5.41) is 14.4. The summed E-state index contributed by atoms with van der Waals surface area (Å²) in [7, 11) is 0. The molecule has 0 aliphatic heterocycles.